The Morgan fingerprint density at radius 1 is 1.25 bits per heavy atom. The molecule has 3 aromatic rings. The van der Waals surface area contributed by atoms with Crippen LogP contribution in [-0.2, 0) is 6.61 Å². The molecule has 1 amide bonds. The zero-order chi connectivity index (χ0) is 19.7. The van der Waals surface area contributed by atoms with Gasteiger partial charge in [0.15, 0.2) is 0 Å². The number of carbonyl (C=O) groups is 1. The fourth-order valence-electron chi connectivity index (χ4n) is 3.68. The van der Waals surface area contributed by atoms with E-state index in [0.29, 0.717) is 31.0 Å². The number of imidazole rings is 1. The number of aromatic nitrogens is 2. The minimum absolute atomic E-state index is 0.000130. The summed E-state index contributed by atoms with van der Waals surface area (Å²) in [5.74, 6) is 0.584. The van der Waals surface area contributed by atoms with E-state index in [0.717, 1.165) is 24.3 Å². The van der Waals surface area contributed by atoms with Crippen molar-refractivity contribution >= 4 is 11.6 Å². The van der Waals surface area contributed by atoms with E-state index in [9.17, 15) is 4.79 Å². The summed E-state index contributed by atoms with van der Waals surface area (Å²) in [6.07, 6.45) is 4.92. The van der Waals surface area contributed by atoms with E-state index in [1.165, 1.54) is 5.56 Å². The van der Waals surface area contributed by atoms with E-state index >= 15 is 0 Å². The molecule has 4 rings (SSSR count). The summed E-state index contributed by atoms with van der Waals surface area (Å²) in [4.78, 5) is 19.5. The predicted molar refractivity (Wildman–Crippen MR) is 108 cm³/mol. The molecule has 0 radical (unpaired) electrons. The third-order valence-electron chi connectivity index (χ3n) is 5.48. The SMILES string of the molecule is Cc1ccc2nc(COc3ccccc3C(=O)N3CCC(C)(CN)C3)cn2c1. The Bertz CT molecular complexity index is 1010. The van der Waals surface area contributed by atoms with Gasteiger partial charge in [-0.1, -0.05) is 25.1 Å². The van der Waals surface area contributed by atoms with Crippen molar-refractivity contribution in [1.82, 2.24) is 14.3 Å². The molecule has 1 aliphatic rings. The van der Waals surface area contributed by atoms with Crippen LogP contribution in [0.2, 0.25) is 0 Å². The molecular weight excluding hydrogens is 352 g/mol. The quantitative estimate of drug-likeness (QED) is 0.741. The van der Waals surface area contributed by atoms with Crippen LogP contribution in [0.4, 0.5) is 0 Å². The number of nitrogens with two attached hydrogens (primary N) is 1. The lowest BCUT2D eigenvalue weighted by Crippen LogP contribution is -2.34. The Kier molecular flexibility index (Phi) is 4.81. The first-order valence-corrected chi connectivity index (χ1v) is 9.63. The van der Waals surface area contributed by atoms with Crippen molar-refractivity contribution in [3.63, 3.8) is 0 Å². The molecule has 0 bridgehead atoms. The lowest BCUT2D eigenvalue weighted by Gasteiger charge is -2.23. The minimum atomic E-state index is -0.00148. The van der Waals surface area contributed by atoms with Crippen LogP contribution in [0, 0.1) is 12.3 Å². The summed E-state index contributed by atoms with van der Waals surface area (Å²) < 4.78 is 7.98. The van der Waals surface area contributed by atoms with Crippen LogP contribution in [0.25, 0.3) is 5.65 Å². The molecule has 6 nitrogen and oxygen atoms in total. The van der Waals surface area contributed by atoms with Crippen molar-refractivity contribution in [2.75, 3.05) is 19.6 Å². The number of fused-ring (bicyclic) bond motifs is 1. The van der Waals surface area contributed by atoms with E-state index in [-0.39, 0.29) is 11.3 Å². The Hall–Kier alpha value is -2.86. The number of likely N-dealkylation sites (tertiary alicyclic amines) is 1. The molecule has 1 fully saturated rings. The first kappa shape index (κ1) is 18.5. The van der Waals surface area contributed by atoms with Gasteiger partial charge in [-0.15, -0.1) is 0 Å². The molecule has 6 heteroatoms. The maximum absolute atomic E-state index is 13.0. The minimum Gasteiger partial charge on any atom is -0.486 e. The van der Waals surface area contributed by atoms with Gasteiger partial charge >= 0.3 is 0 Å². The van der Waals surface area contributed by atoms with Crippen LogP contribution >= 0.6 is 0 Å². The van der Waals surface area contributed by atoms with Crippen LogP contribution in [0.3, 0.4) is 0 Å². The number of amides is 1. The van der Waals surface area contributed by atoms with Crippen LogP contribution in [0.15, 0.2) is 48.8 Å². The molecule has 0 spiro atoms. The van der Waals surface area contributed by atoms with Gasteiger partial charge in [-0.05, 0) is 49.1 Å². The van der Waals surface area contributed by atoms with Gasteiger partial charge in [0.05, 0.1) is 11.3 Å². The van der Waals surface area contributed by atoms with E-state index in [1.807, 2.05) is 65.0 Å². The second-order valence-corrected chi connectivity index (χ2v) is 7.98. The van der Waals surface area contributed by atoms with E-state index < -0.39 is 0 Å². The second kappa shape index (κ2) is 7.28. The van der Waals surface area contributed by atoms with Gasteiger partial charge < -0.3 is 19.8 Å². The Balaban J connectivity index is 1.50. The molecule has 1 atom stereocenters. The number of hydrogen-bond donors (Lipinski definition) is 1. The Morgan fingerprint density at radius 3 is 2.86 bits per heavy atom. The summed E-state index contributed by atoms with van der Waals surface area (Å²) in [7, 11) is 0. The number of benzene rings is 1. The highest BCUT2D eigenvalue weighted by molar-refractivity contribution is 5.97. The van der Waals surface area contributed by atoms with Gasteiger partial charge in [-0.25, -0.2) is 4.98 Å². The smallest absolute Gasteiger partial charge is 0.257 e. The number of carbonyl (C=O) groups excluding carboxylic acids is 1. The maximum Gasteiger partial charge on any atom is 0.257 e. The zero-order valence-corrected chi connectivity index (χ0v) is 16.4. The highest BCUT2D eigenvalue weighted by atomic mass is 16.5. The van der Waals surface area contributed by atoms with Crippen molar-refractivity contribution in [2.24, 2.45) is 11.1 Å². The van der Waals surface area contributed by atoms with E-state index in [4.69, 9.17) is 10.5 Å². The first-order chi connectivity index (χ1) is 13.5. The third-order valence-corrected chi connectivity index (χ3v) is 5.48. The number of hydrogen-bond acceptors (Lipinski definition) is 4. The Morgan fingerprint density at radius 2 is 2.07 bits per heavy atom. The summed E-state index contributed by atoms with van der Waals surface area (Å²) in [6.45, 7) is 6.49. The van der Waals surface area contributed by atoms with Gasteiger partial charge in [0.1, 0.15) is 18.0 Å². The summed E-state index contributed by atoms with van der Waals surface area (Å²) in [5, 5.41) is 0. The lowest BCUT2D eigenvalue weighted by atomic mass is 9.90. The summed E-state index contributed by atoms with van der Waals surface area (Å²) in [6, 6.07) is 11.4. The monoisotopic (exact) mass is 378 g/mol. The predicted octanol–water partition coefficient (Wildman–Crippen LogP) is 3.03. The average molecular weight is 378 g/mol. The number of para-hydroxylation sites is 1. The van der Waals surface area contributed by atoms with Gasteiger partial charge in [0, 0.05) is 25.5 Å². The first-order valence-electron chi connectivity index (χ1n) is 9.63. The van der Waals surface area contributed by atoms with E-state index in [1.54, 1.807) is 0 Å². The van der Waals surface area contributed by atoms with Gasteiger partial charge in [-0.3, -0.25) is 4.79 Å². The molecule has 1 aromatic carbocycles. The fourth-order valence-corrected chi connectivity index (χ4v) is 3.68. The van der Waals surface area contributed by atoms with Crippen LogP contribution < -0.4 is 10.5 Å². The lowest BCUT2D eigenvalue weighted by molar-refractivity contribution is 0.0772. The standard InChI is InChI=1S/C22H26N4O2/c1-16-7-8-20-24-17(12-26(20)11-16)13-28-19-6-4-3-5-18(19)21(27)25-10-9-22(2,14-23)15-25/h3-8,11-12H,9-10,13-15,23H2,1-2H3. The topological polar surface area (TPSA) is 72.9 Å². The molecule has 2 N–H and O–H groups in total. The number of ether oxygens (including phenoxy) is 1. The number of pyridine rings is 1. The van der Waals surface area contributed by atoms with Crippen LogP contribution in [0.5, 0.6) is 5.75 Å². The summed E-state index contributed by atoms with van der Waals surface area (Å²) in [5.41, 5.74) is 9.34. The fraction of sp³-hybridized carbons (Fsp3) is 0.364. The molecule has 28 heavy (non-hydrogen) atoms. The van der Waals surface area contributed by atoms with Gasteiger partial charge in [0.25, 0.3) is 5.91 Å². The number of aryl methyl sites for hydroxylation is 1. The van der Waals surface area contributed by atoms with Crippen molar-refractivity contribution in [3.05, 3.63) is 65.6 Å². The van der Waals surface area contributed by atoms with E-state index in [2.05, 4.69) is 11.9 Å². The van der Waals surface area contributed by atoms with Crippen molar-refractivity contribution in [3.8, 4) is 5.75 Å². The Labute approximate surface area is 164 Å². The number of rotatable bonds is 5. The van der Waals surface area contributed by atoms with Crippen molar-refractivity contribution in [2.45, 2.75) is 26.9 Å². The molecule has 1 aliphatic heterocycles. The zero-order valence-electron chi connectivity index (χ0n) is 16.4. The van der Waals surface area contributed by atoms with Gasteiger partial charge in [0.2, 0.25) is 0 Å². The molecular formula is C22H26N4O2. The maximum atomic E-state index is 13.0. The van der Waals surface area contributed by atoms with Crippen molar-refractivity contribution in [1.29, 1.82) is 0 Å². The van der Waals surface area contributed by atoms with Crippen molar-refractivity contribution < 1.29 is 9.53 Å². The molecule has 1 unspecified atom stereocenters. The van der Waals surface area contributed by atoms with Crippen LogP contribution in [-0.4, -0.2) is 39.8 Å². The molecule has 3 heterocycles. The largest absolute Gasteiger partial charge is 0.486 e. The molecule has 0 aliphatic carbocycles. The molecule has 0 saturated carbocycles. The second-order valence-electron chi connectivity index (χ2n) is 7.98. The normalized spacial score (nSPS) is 19.3. The third kappa shape index (κ3) is 3.60. The number of nitrogens with zero attached hydrogens (tertiary/aromatic N) is 3. The van der Waals surface area contributed by atoms with Crippen LogP contribution in [0.1, 0.15) is 35.0 Å². The average Bonchev–Trinajstić information content (AvgIpc) is 3.29. The molecule has 146 valence electrons. The highest BCUT2D eigenvalue weighted by Crippen LogP contribution is 2.31. The molecule has 1 saturated heterocycles. The highest BCUT2D eigenvalue weighted by Gasteiger charge is 2.35. The van der Waals surface area contributed by atoms with Gasteiger partial charge in [-0.2, -0.15) is 0 Å². The summed E-state index contributed by atoms with van der Waals surface area (Å²) >= 11 is 0. The molecule has 2 aromatic heterocycles.